The van der Waals surface area contributed by atoms with Gasteiger partial charge in [0.05, 0.1) is 5.92 Å². The summed E-state index contributed by atoms with van der Waals surface area (Å²) in [5.41, 5.74) is 0. The van der Waals surface area contributed by atoms with E-state index in [1.807, 2.05) is 10.8 Å². The van der Waals surface area contributed by atoms with Gasteiger partial charge in [-0.15, -0.1) is 0 Å². The third kappa shape index (κ3) is 3.81. The highest BCUT2D eigenvalue weighted by molar-refractivity contribution is 8.76. The Morgan fingerprint density at radius 1 is 1.38 bits per heavy atom. The Morgan fingerprint density at radius 3 is 2.46 bits per heavy atom. The number of carbonyl (C=O) groups is 1. The van der Waals surface area contributed by atoms with Crippen molar-refractivity contribution in [1.29, 1.82) is 0 Å². The molecule has 0 radical (unpaired) electrons. The van der Waals surface area contributed by atoms with E-state index in [0.29, 0.717) is 0 Å². The van der Waals surface area contributed by atoms with Crippen LogP contribution in [0.2, 0.25) is 0 Å². The second-order valence-corrected chi connectivity index (χ2v) is 6.12. The number of carboxylic acids is 1. The topological polar surface area (TPSA) is 37.3 Å². The van der Waals surface area contributed by atoms with Gasteiger partial charge in [-0.3, -0.25) is 4.79 Å². The van der Waals surface area contributed by atoms with E-state index in [4.69, 9.17) is 5.11 Å². The van der Waals surface area contributed by atoms with E-state index in [2.05, 4.69) is 6.26 Å². The SMILES string of the molecule is CSSCC1CCC(C(=O)O)CC1. The molecule has 0 aromatic carbocycles. The van der Waals surface area contributed by atoms with Crippen LogP contribution in [0, 0.1) is 11.8 Å². The Hall–Kier alpha value is 0.170. The van der Waals surface area contributed by atoms with Gasteiger partial charge < -0.3 is 5.11 Å². The fourth-order valence-corrected chi connectivity index (χ4v) is 3.39. The molecule has 0 spiro atoms. The molecule has 0 heterocycles. The maximum atomic E-state index is 10.7. The summed E-state index contributed by atoms with van der Waals surface area (Å²) >= 11 is 0. The summed E-state index contributed by atoms with van der Waals surface area (Å²) in [5, 5.41) is 8.79. The highest BCUT2D eigenvalue weighted by Gasteiger charge is 2.25. The number of carboxylic acid groups (broad SMARTS) is 1. The minimum atomic E-state index is -0.601. The van der Waals surface area contributed by atoms with Crippen LogP contribution in [0.25, 0.3) is 0 Å². The molecule has 0 atom stereocenters. The van der Waals surface area contributed by atoms with Gasteiger partial charge in [-0.05, 0) is 37.9 Å². The van der Waals surface area contributed by atoms with Crippen molar-refractivity contribution in [3.63, 3.8) is 0 Å². The minimum Gasteiger partial charge on any atom is -0.481 e. The molecule has 0 amide bonds. The fraction of sp³-hybridized carbons (Fsp3) is 0.889. The molecule has 13 heavy (non-hydrogen) atoms. The number of rotatable bonds is 4. The van der Waals surface area contributed by atoms with Gasteiger partial charge in [0.15, 0.2) is 0 Å². The molecule has 1 saturated carbocycles. The summed E-state index contributed by atoms with van der Waals surface area (Å²) in [5.74, 6) is 1.28. The van der Waals surface area contributed by atoms with E-state index >= 15 is 0 Å². The summed E-state index contributed by atoms with van der Waals surface area (Å²) in [6.07, 6.45) is 6.06. The average Bonchev–Trinajstić information content (AvgIpc) is 2.15. The smallest absolute Gasteiger partial charge is 0.306 e. The average molecular weight is 220 g/mol. The zero-order chi connectivity index (χ0) is 9.68. The van der Waals surface area contributed by atoms with Crippen molar-refractivity contribution >= 4 is 27.6 Å². The quantitative estimate of drug-likeness (QED) is 0.739. The molecule has 0 aromatic rings. The van der Waals surface area contributed by atoms with Crippen molar-refractivity contribution in [3.05, 3.63) is 0 Å². The van der Waals surface area contributed by atoms with Crippen molar-refractivity contribution in [2.45, 2.75) is 25.7 Å². The molecule has 1 aliphatic rings. The standard InChI is InChI=1S/C9H16O2S2/c1-12-13-6-7-2-4-8(5-3-7)9(10)11/h7-8H,2-6H2,1H3,(H,10,11). The monoisotopic (exact) mass is 220 g/mol. The number of hydrogen-bond donors (Lipinski definition) is 1. The van der Waals surface area contributed by atoms with Gasteiger partial charge in [0.25, 0.3) is 0 Å². The molecule has 0 bridgehead atoms. The molecular formula is C9H16O2S2. The molecule has 0 aliphatic heterocycles. The Balaban J connectivity index is 2.18. The first-order chi connectivity index (χ1) is 6.24. The van der Waals surface area contributed by atoms with Crippen molar-refractivity contribution in [3.8, 4) is 0 Å². The van der Waals surface area contributed by atoms with Gasteiger partial charge in [0.1, 0.15) is 0 Å². The zero-order valence-electron chi connectivity index (χ0n) is 7.86. The van der Waals surface area contributed by atoms with Crippen molar-refractivity contribution in [2.24, 2.45) is 11.8 Å². The summed E-state index contributed by atoms with van der Waals surface area (Å²) in [6, 6.07) is 0. The second kappa shape index (κ2) is 5.81. The van der Waals surface area contributed by atoms with Crippen LogP contribution in [0.1, 0.15) is 25.7 Å². The van der Waals surface area contributed by atoms with Gasteiger partial charge in [0.2, 0.25) is 0 Å². The number of aliphatic carboxylic acids is 1. The first-order valence-corrected chi connectivity index (χ1v) is 7.35. The lowest BCUT2D eigenvalue weighted by Gasteiger charge is -2.25. The van der Waals surface area contributed by atoms with Gasteiger partial charge >= 0.3 is 5.97 Å². The maximum Gasteiger partial charge on any atom is 0.306 e. The Bertz CT molecular complexity index is 165. The first kappa shape index (κ1) is 11.2. The molecule has 0 unspecified atom stereocenters. The fourth-order valence-electron chi connectivity index (χ4n) is 1.74. The summed E-state index contributed by atoms with van der Waals surface area (Å²) in [7, 11) is 3.70. The molecule has 1 N–H and O–H groups in total. The van der Waals surface area contributed by atoms with Crippen LogP contribution in [0.5, 0.6) is 0 Å². The summed E-state index contributed by atoms with van der Waals surface area (Å²) in [4.78, 5) is 10.7. The Kier molecular flexibility index (Phi) is 5.02. The Morgan fingerprint density at radius 2 is 2.00 bits per heavy atom. The van der Waals surface area contributed by atoms with Crippen LogP contribution in [-0.4, -0.2) is 23.1 Å². The molecule has 1 fully saturated rings. The molecular weight excluding hydrogens is 204 g/mol. The van der Waals surface area contributed by atoms with Crippen LogP contribution in [0.4, 0.5) is 0 Å². The van der Waals surface area contributed by atoms with E-state index in [1.165, 1.54) is 5.75 Å². The van der Waals surface area contributed by atoms with Gasteiger partial charge in [0, 0.05) is 5.75 Å². The predicted molar refractivity (Wildman–Crippen MR) is 59.1 cm³/mol. The van der Waals surface area contributed by atoms with Gasteiger partial charge in [-0.1, -0.05) is 21.6 Å². The lowest BCUT2D eigenvalue weighted by atomic mass is 9.83. The minimum absolute atomic E-state index is 0.0597. The van der Waals surface area contributed by atoms with E-state index in [9.17, 15) is 4.79 Å². The van der Waals surface area contributed by atoms with E-state index in [0.717, 1.165) is 31.6 Å². The first-order valence-electron chi connectivity index (χ1n) is 4.62. The van der Waals surface area contributed by atoms with Crippen LogP contribution in [0.3, 0.4) is 0 Å². The van der Waals surface area contributed by atoms with Crippen LogP contribution < -0.4 is 0 Å². The van der Waals surface area contributed by atoms with Crippen LogP contribution in [-0.2, 0) is 4.79 Å². The molecule has 4 heteroatoms. The lowest BCUT2D eigenvalue weighted by molar-refractivity contribution is -0.143. The molecule has 2 nitrogen and oxygen atoms in total. The second-order valence-electron chi connectivity index (χ2n) is 3.51. The van der Waals surface area contributed by atoms with Crippen LogP contribution >= 0.6 is 21.6 Å². The molecule has 0 saturated heterocycles. The molecule has 1 rings (SSSR count). The third-order valence-corrected chi connectivity index (χ3v) is 4.58. The van der Waals surface area contributed by atoms with Crippen LogP contribution in [0.15, 0.2) is 0 Å². The normalized spacial score (nSPS) is 28.7. The van der Waals surface area contributed by atoms with E-state index in [-0.39, 0.29) is 5.92 Å². The predicted octanol–water partition coefficient (Wildman–Crippen LogP) is 2.89. The van der Waals surface area contributed by atoms with Crippen molar-refractivity contribution in [2.75, 3.05) is 12.0 Å². The van der Waals surface area contributed by atoms with Crippen molar-refractivity contribution < 1.29 is 9.90 Å². The molecule has 76 valence electrons. The summed E-state index contributed by atoms with van der Waals surface area (Å²) < 4.78 is 0. The maximum absolute atomic E-state index is 10.7. The highest BCUT2D eigenvalue weighted by Crippen LogP contribution is 2.33. The highest BCUT2D eigenvalue weighted by atomic mass is 33.1. The van der Waals surface area contributed by atoms with E-state index in [1.54, 1.807) is 10.8 Å². The van der Waals surface area contributed by atoms with E-state index < -0.39 is 5.97 Å². The Labute approximate surface area is 87.3 Å². The lowest BCUT2D eigenvalue weighted by Crippen LogP contribution is -2.22. The van der Waals surface area contributed by atoms with Crippen molar-refractivity contribution in [1.82, 2.24) is 0 Å². The number of hydrogen-bond acceptors (Lipinski definition) is 3. The third-order valence-electron chi connectivity index (χ3n) is 2.62. The molecule has 0 aromatic heterocycles. The molecule has 1 aliphatic carbocycles. The largest absolute Gasteiger partial charge is 0.481 e. The van der Waals surface area contributed by atoms with Gasteiger partial charge in [-0.2, -0.15) is 0 Å². The zero-order valence-corrected chi connectivity index (χ0v) is 9.50. The summed E-state index contributed by atoms with van der Waals surface area (Å²) in [6.45, 7) is 0. The van der Waals surface area contributed by atoms with Gasteiger partial charge in [-0.25, -0.2) is 0 Å².